The summed E-state index contributed by atoms with van der Waals surface area (Å²) < 4.78 is 8.98. The maximum atomic E-state index is 13.4. The Labute approximate surface area is 241 Å². The molecular weight excluding hydrogens is 547 g/mol. The van der Waals surface area contributed by atoms with E-state index in [9.17, 15) is 9.59 Å². The fourth-order valence-corrected chi connectivity index (χ4v) is 8.74. The molecule has 39 heavy (non-hydrogen) atoms. The number of anilines is 2. The molecule has 6 rings (SSSR count). The fraction of sp³-hybridized carbons (Fsp3) is 0.367. The number of thioether (sulfide) groups is 1. The van der Waals surface area contributed by atoms with E-state index in [1.54, 1.807) is 16.6 Å². The lowest BCUT2D eigenvalue weighted by atomic mass is 9.96. The molecule has 1 saturated carbocycles. The summed E-state index contributed by atoms with van der Waals surface area (Å²) in [7, 11) is 1.69. The van der Waals surface area contributed by atoms with E-state index in [1.807, 2.05) is 32.1 Å². The van der Waals surface area contributed by atoms with E-state index in [4.69, 9.17) is 17.0 Å². The minimum absolute atomic E-state index is 0.0580. The number of carbonyl (C=O) groups excluding carboxylic acids is 1. The normalized spacial score (nSPS) is 22.2. The van der Waals surface area contributed by atoms with Gasteiger partial charge in [-0.2, -0.15) is 0 Å². The number of thiazole rings is 1. The van der Waals surface area contributed by atoms with Crippen LogP contribution in [0.1, 0.15) is 56.6 Å². The SMILES string of the molecule is CCCN1C(=O)C(=c2sc(=Cc3ccc4c(c3)C3CCCC3N4c3ccc(OC)cc3)c(=O)n2CC)SC1=S. The Kier molecular flexibility index (Phi) is 7.16. The summed E-state index contributed by atoms with van der Waals surface area (Å²) in [5, 5.41) is 0. The van der Waals surface area contributed by atoms with Gasteiger partial charge >= 0.3 is 0 Å². The number of thiocarbonyl (C=S) groups is 1. The Hall–Kier alpha value is -2.88. The predicted molar refractivity (Wildman–Crippen MR) is 165 cm³/mol. The van der Waals surface area contributed by atoms with Crippen molar-refractivity contribution in [2.45, 2.75) is 58.0 Å². The van der Waals surface area contributed by atoms with Crippen molar-refractivity contribution in [3.05, 3.63) is 73.1 Å². The number of ether oxygens (including phenoxy) is 1. The second-order valence-electron chi connectivity index (χ2n) is 10.1. The van der Waals surface area contributed by atoms with Crippen LogP contribution in [-0.2, 0) is 11.3 Å². The topological polar surface area (TPSA) is 54.8 Å². The van der Waals surface area contributed by atoms with Gasteiger partial charge in [0.25, 0.3) is 11.5 Å². The number of rotatable bonds is 6. The predicted octanol–water partition coefficient (Wildman–Crippen LogP) is 4.93. The Morgan fingerprint density at radius 1 is 1.10 bits per heavy atom. The van der Waals surface area contributed by atoms with Gasteiger partial charge in [0, 0.05) is 36.4 Å². The van der Waals surface area contributed by atoms with E-state index in [1.165, 1.54) is 59.3 Å². The number of methoxy groups -OCH3 is 1. The molecule has 3 heterocycles. The van der Waals surface area contributed by atoms with Crippen LogP contribution in [0.25, 0.3) is 11.0 Å². The summed E-state index contributed by atoms with van der Waals surface area (Å²) in [6.07, 6.45) is 6.37. The minimum Gasteiger partial charge on any atom is -0.497 e. The van der Waals surface area contributed by atoms with Gasteiger partial charge in [0.2, 0.25) is 0 Å². The van der Waals surface area contributed by atoms with Crippen molar-refractivity contribution >= 4 is 67.9 Å². The molecule has 2 aliphatic heterocycles. The Morgan fingerprint density at radius 2 is 1.90 bits per heavy atom. The van der Waals surface area contributed by atoms with Crippen LogP contribution < -0.4 is 24.4 Å². The quantitative estimate of drug-likeness (QED) is 0.387. The molecule has 202 valence electrons. The molecule has 1 aliphatic carbocycles. The van der Waals surface area contributed by atoms with Gasteiger partial charge in [-0.25, -0.2) is 0 Å². The van der Waals surface area contributed by atoms with Crippen LogP contribution in [0.5, 0.6) is 5.75 Å². The van der Waals surface area contributed by atoms with Crippen molar-refractivity contribution in [1.82, 2.24) is 9.47 Å². The number of fused-ring (bicyclic) bond motifs is 3. The van der Waals surface area contributed by atoms with Crippen LogP contribution in [0.15, 0.2) is 47.3 Å². The monoisotopic (exact) mass is 577 g/mol. The van der Waals surface area contributed by atoms with E-state index in [-0.39, 0.29) is 11.5 Å². The zero-order valence-corrected chi connectivity index (χ0v) is 24.8. The van der Waals surface area contributed by atoms with Gasteiger partial charge in [-0.05, 0) is 79.8 Å². The lowest BCUT2D eigenvalue weighted by Gasteiger charge is -2.27. The Morgan fingerprint density at radius 3 is 2.62 bits per heavy atom. The van der Waals surface area contributed by atoms with Gasteiger partial charge < -0.3 is 9.64 Å². The second-order valence-corrected chi connectivity index (χ2v) is 12.8. The number of aromatic nitrogens is 1. The zero-order chi connectivity index (χ0) is 27.3. The summed E-state index contributed by atoms with van der Waals surface area (Å²) in [5.74, 6) is 1.25. The maximum absolute atomic E-state index is 13.4. The van der Waals surface area contributed by atoms with Crippen molar-refractivity contribution in [2.24, 2.45) is 0 Å². The Balaban J connectivity index is 1.42. The molecule has 1 amide bonds. The number of carbonyl (C=O) groups is 1. The van der Waals surface area contributed by atoms with Crippen LogP contribution in [-0.4, -0.2) is 39.4 Å². The molecule has 2 atom stereocenters. The van der Waals surface area contributed by atoms with Crippen LogP contribution in [0.3, 0.4) is 0 Å². The largest absolute Gasteiger partial charge is 0.497 e. The number of nitrogens with zero attached hydrogens (tertiary/aromatic N) is 3. The first-order chi connectivity index (χ1) is 18.9. The summed E-state index contributed by atoms with van der Waals surface area (Å²) in [6, 6.07) is 15.3. The average Bonchev–Trinajstić information content (AvgIpc) is 3.68. The highest BCUT2D eigenvalue weighted by molar-refractivity contribution is 8.30. The zero-order valence-electron chi connectivity index (χ0n) is 22.3. The Bertz CT molecular complexity index is 1640. The molecule has 1 aromatic heterocycles. The van der Waals surface area contributed by atoms with E-state index >= 15 is 0 Å². The number of amides is 1. The third-order valence-electron chi connectivity index (χ3n) is 7.88. The molecular formula is C30H31N3O3S3. The van der Waals surface area contributed by atoms with Gasteiger partial charge in [0.15, 0.2) is 0 Å². The standard InChI is InChI=1S/C30H31N3O3S3/c1-4-15-32-28(35)26(39-30(32)37)29-31(5-2)27(34)25(38-29)17-18-9-14-24-22(16-18)21-7-6-8-23(21)33(24)19-10-12-20(36-3)13-11-19/h9-14,16-17,21,23H,4-8,15H2,1-3H3. The number of benzene rings is 2. The summed E-state index contributed by atoms with van der Waals surface area (Å²) in [4.78, 5) is 31.2. The van der Waals surface area contributed by atoms with Crippen molar-refractivity contribution in [1.29, 1.82) is 0 Å². The molecule has 0 radical (unpaired) electrons. The van der Waals surface area contributed by atoms with Crippen molar-refractivity contribution < 1.29 is 9.53 Å². The lowest BCUT2D eigenvalue weighted by molar-refractivity contribution is -0.120. The van der Waals surface area contributed by atoms with Crippen LogP contribution in [0.2, 0.25) is 0 Å². The molecule has 0 spiro atoms. The smallest absolute Gasteiger partial charge is 0.269 e. The lowest BCUT2D eigenvalue weighted by Crippen LogP contribution is -2.33. The first kappa shape index (κ1) is 26.3. The van der Waals surface area contributed by atoms with Crippen LogP contribution in [0.4, 0.5) is 11.4 Å². The summed E-state index contributed by atoms with van der Waals surface area (Å²) >= 11 is 8.17. The third kappa shape index (κ3) is 4.44. The van der Waals surface area contributed by atoms with Crippen molar-refractivity contribution in [2.75, 3.05) is 18.6 Å². The van der Waals surface area contributed by atoms with Gasteiger partial charge in [-0.15, -0.1) is 11.3 Å². The fourth-order valence-electron chi connectivity index (χ4n) is 6.11. The third-order valence-corrected chi connectivity index (χ3v) is 10.6. The molecule has 0 N–H and O–H groups in total. The van der Waals surface area contributed by atoms with Crippen LogP contribution in [0, 0.1) is 0 Å². The van der Waals surface area contributed by atoms with E-state index in [0.29, 0.717) is 43.5 Å². The highest BCUT2D eigenvalue weighted by Gasteiger charge is 2.42. The van der Waals surface area contributed by atoms with E-state index in [2.05, 4.69) is 35.2 Å². The molecule has 1 saturated heterocycles. The van der Waals surface area contributed by atoms with Gasteiger partial charge in [-0.3, -0.25) is 19.1 Å². The summed E-state index contributed by atoms with van der Waals surface area (Å²) in [5.41, 5.74) is 4.74. The minimum atomic E-state index is -0.0923. The highest BCUT2D eigenvalue weighted by atomic mass is 32.2. The highest BCUT2D eigenvalue weighted by Crippen LogP contribution is 2.52. The maximum Gasteiger partial charge on any atom is 0.269 e. The average molecular weight is 578 g/mol. The van der Waals surface area contributed by atoms with Crippen molar-refractivity contribution in [3.63, 3.8) is 0 Å². The first-order valence-corrected chi connectivity index (χ1v) is 15.6. The number of hydrogen-bond acceptors (Lipinski definition) is 7. The molecule has 2 fully saturated rings. The molecule has 6 nitrogen and oxygen atoms in total. The molecule has 3 aromatic rings. The molecule has 3 aliphatic rings. The van der Waals surface area contributed by atoms with Gasteiger partial charge in [0.1, 0.15) is 19.6 Å². The number of hydrogen-bond donors (Lipinski definition) is 0. The molecule has 9 heteroatoms. The first-order valence-electron chi connectivity index (χ1n) is 13.5. The van der Waals surface area contributed by atoms with Crippen molar-refractivity contribution in [3.8, 4) is 5.75 Å². The molecule has 0 bridgehead atoms. The second kappa shape index (κ2) is 10.6. The van der Waals surface area contributed by atoms with Gasteiger partial charge in [-0.1, -0.05) is 43.4 Å². The molecule has 2 aromatic carbocycles. The van der Waals surface area contributed by atoms with Gasteiger partial charge in [0.05, 0.1) is 11.6 Å². The van der Waals surface area contributed by atoms with Crippen LogP contribution >= 0.6 is 35.3 Å². The summed E-state index contributed by atoms with van der Waals surface area (Å²) in [6.45, 7) is 5.07. The van der Waals surface area contributed by atoms with E-state index < -0.39 is 0 Å². The van der Waals surface area contributed by atoms with E-state index in [0.717, 1.165) is 17.7 Å². The molecule has 2 unspecified atom stereocenters.